The molecule has 0 saturated carbocycles. The van der Waals surface area contributed by atoms with Gasteiger partial charge in [0.25, 0.3) is 0 Å². The zero-order valence-electron chi connectivity index (χ0n) is 10.5. The molecule has 0 fully saturated rings. The summed E-state index contributed by atoms with van der Waals surface area (Å²) in [7, 11) is 0. The monoisotopic (exact) mass is 288 g/mol. The molecule has 3 heterocycles. The van der Waals surface area contributed by atoms with E-state index in [1.54, 1.807) is 29.0 Å². The van der Waals surface area contributed by atoms with E-state index in [1.165, 1.54) is 11.1 Å². The summed E-state index contributed by atoms with van der Waals surface area (Å²) < 4.78 is 1.04. The van der Waals surface area contributed by atoms with Gasteiger partial charge in [-0.1, -0.05) is 0 Å². The molecule has 0 amide bonds. The second-order valence-electron chi connectivity index (χ2n) is 4.16. The Morgan fingerprint density at radius 2 is 2.11 bits per heavy atom. The van der Waals surface area contributed by atoms with Gasteiger partial charge in [-0.3, -0.25) is 5.43 Å². The first-order chi connectivity index (χ1) is 9.25. The molecule has 1 N–H and O–H groups in total. The van der Waals surface area contributed by atoms with Crippen LogP contribution in [0.1, 0.15) is 16.0 Å². The molecule has 0 aliphatic carbocycles. The van der Waals surface area contributed by atoms with Crippen molar-refractivity contribution in [2.45, 2.75) is 13.8 Å². The van der Waals surface area contributed by atoms with E-state index in [0.717, 1.165) is 20.9 Å². The van der Waals surface area contributed by atoms with E-state index in [4.69, 9.17) is 0 Å². The SMILES string of the molecule is Cc1ccsc1C=NNc1ncnc2c(C)csc12. The summed E-state index contributed by atoms with van der Waals surface area (Å²) in [5, 5.41) is 8.39. The molecule has 0 bridgehead atoms. The lowest BCUT2D eigenvalue weighted by atomic mass is 10.3. The second-order valence-corrected chi connectivity index (χ2v) is 5.98. The summed E-state index contributed by atoms with van der Waals surface area (Å²) in [6.45, 7) is 4.12. The van der Waals surface area contributed by atoms with Gasteiger partial charge in [-0.05, 0) is 41.8 Å². The topological polar surface area (TPSA) is 50.2 Å². The molecule has 6 heteroatoms. The van der Waals surface area contributed by atoms with E-state index in [0.29, 0.717) is 0 Å². The van der Waals surface area contributed by atoms with Gasteiger partial charge in [0.15, 0.2) is 5.82 Å². The molecule has 3 aromatic rings. The van der Waals surface area contributed by atoms with Crippen LogP contribution in [0.25, 0.3) is 10.2 Å². The third kappa shape index (κ3) is 2.36. The molecular formula is C13H12N4S2. The molecule has 4 nitrogen and oxygen atoms in total. The van der Waals surface area contributed by atoms with E-state index < -0.39 is 0 Å². The first-order valence-electron chi connectivity index (χ1n) is 5.77. The molecule has 96 valence electrons. The quantitative estimate of drug-likeness (QED) is 0.589. The number of rotatable bonds is 3. The number of hydrogen-bond acceptors (Lipinski definition) is 6. The third-order valence-corrected chi connectivity index (χ3v) is 4.83. The van der Waals surface area contributed by atoms with Gasteiger partial charge in [0.05, 0.1) is 16.4 Å². The fourth-order valence-electron chi connectivity index (χ4n) is 1.72. The summed E-state index contributed by atoms with van der Waals surface area (Å²) in [6, 6.07) is 2.08. The van der Waals surface area contributed by atoms with Gasteiger partial charge in [-0.25, -0.2) is 9.97 Å². The average molecular weight is 288 g/mol. The Morgan fingerprint density at radius 1 is 1.21 bits per heavy atom. The molecule has 0 aliphatic heterocycles. The van der Waals surface area contributed by atoms with Crippen molar-refractivity contribution in [3.63, 3.8) is 0 Å². The van der Waals surface area contributed by atoms with Crippen LogP contribution in [0.4, 0.5) is 5.82 Å². The summed E-state index contributed by atoms with van der Waals surface area (Å²) in [5.41, 5.74) is 6.39. The van der Waals surface area contributed by atoms with Gasteiger partial charge >= 0.3 is 0 Å². The predicted octanol–water partition coefficient (Wildman–Crippen LogP) is 3.82. The van der Waals surface area contributed by atoms with Gasteiger partial charge < -0.3 is 0 Å². The first-order valence-corrected chi connectivity index (χ1v) is 7.53. The largest absolute Gasteiger partial charge is 0.260 e. The lowest BCUT2D eigenvalue weighted by Crippen LogP contribution is -1.94. The number of nitrogens with zero attached hydrogens (tertiary/aromatic N) is 3. The van der Waals surface area contributed by atoms with Crippen molar-refractivity contribution in [3.05, 3.63) is 39.2 Å². The van der Waals surface area contributed by atoms with Crippen LogP contribution in [-0.2, 0) is 0 Å². The molecule has 0 spiro atoms. The fourth-order valence-corrected chi connectivity index (χ4v) is 3.45. The molecule has 19 heavy (non-hydrogen) atoms. The smallest absolute Gasteiger partial charge is 0.167 e. The van der Waals surface area contributed by atoms with Crippen LogP contribution in [0.2, 0.25) is 0 Å². The maximum atomic E-state index is 4.28. The maximum absolute atomic E-state index is 4.28. The Kier molecular flexibility index (Phi) is 3.27. The standard InChI is InChI=1S/C13H12N4S2/c1-8-3-4-18-10(8)5-16-17-13-12-11(14-7-15-13)9(2)6-19-12/h3-7H,1-2H3,(H,14,15,17). The molecule has 0 atom stereocenters. The van der Waals surface area contributed by atoms with E-state index in [9.17, 15) is 0 Å². The van der Waals surface area contributed by atoms with Crippen molar-refractivity contribution in [2.24, 2.45) is 5.10 Å². The highest BCUT2D eigenvalue weighted by Crippen LogP contribution is 2.28. The number of anilines is 1. The van der Waals surface area contributed by atoms with E-state index in [1.807, 2.05) is 13.1 Å². The van der Waals surface area contributed by atoms with Crippen LogP contribution in [0.3, 0.4) is 0 Å². The Labute approximate surface area is 118 Å². The molecule has 3 aromatic heterocycles. The minimum atomic E-state index is 0.758. The highest BCUT2D eigenvalue weighted by molar-refractivity contribution is 7.18. The van der Waals surface area contributed by atoms with E-state index in [-0.39, 0.29) is 0 Å². The molecule has 0 unspecified atom stereocenters. The van der Waals surface area contributed by atoms with Crippen molar-refractivity contribution < 1.29 is 0 Å². The third-order valence-electron chi connectivity index (χ3n) is 2.78. The molecular weight excluding hydrogens is 276 g/mol. The van der Waals surface area contributed by atoms with Gasteiger partial charge in [0.1, 0.15) is 6.33 Å². The zero-order chi connectivity index (χ0) is 13.2. The number of hydrazone groups is 1. The molecule has 0 radical (unpaired) electrons. The predicted molar refractivity (Wildman–Crippen MR) is 82.4 cm³/mol. The minimum Gasteiger partial charge on any atom is -0.260 e. The lowest BCUT2D eigenvalue weighted by Gasteiger charge is -2.00. The summed E-state index contributed by atoms with van der Waals surface area (Å²) in [6.07, 6.45) is 3.39. The van der Waals surface area contributed by atoms with Crippen molar-refractivity contribution >= 4 is 44.9 Å². The van der Waals surface area contributed by atoms with Gasteiger partial charge in [-0.15, -0.1) is 22.7 Å². The van der Waals surface area contributed by atoms with Crippen molar-refractivity contribution in [1.29, 1.82) is 0 Å². The zero-order valence-corrected chi connectivity index (χ0v) is 12.2. The van der Waals surface area contributed by atoms with E-state index in [2.05, 4.69) is 44.2 Å². The average Bonchev–Trinajstić information content (AvgIpc) is 2.98. The summed E-state index contributed by atoms with van der Waals surface area (Å²) in [4.78, 5) is 9.68. The number of thiophene rings is 2. The molecule has 0 aliphatic rings. The molecule has 3 rings (SSSR count). The number of aryl methyl sites for hydroxylation is 2. The minimum absolute atomic E-state index is 0.758. The van der Waals surface area contributed by atoms with Crippen LogP contribution in [0.15, 0.2) is 28.3 Å². The highest BCUT2D eigenvalue weighted by atomic mass is 32.1. The van der Waals surface area contributed by atoms with Crippen LogP contribution in [0, 0.1) is 13.8 Å². The Hall–Kier alpha value is -1.79. The maximum Gasteiger partial charge on any atom is 0.167 e. The number of nitrogens with one attached hydrogen (secondary N) is 1. The highest BCUT2D eigenvalue weighted by Gasteiger charge is 2.06. The van der Waals surface area contributed by atoms with Crippen molar-refractivity contribution in [1.82, 2.24) is 9.97 Å². The van der Waals surface area contributed by atoms with Crippen LogP contribution in [-0.4, -0.2) is 16.2 Å². The van der Waals surface area contributed by atoms with Crippen molar-refractivity contribution in [2.75, 3.05) is 5.43 Å². The fraction of sp³-hybridized carbons (Fsp3) is 0.154. The summed E-state index contributed by atoms with van der Waals surface area (Å²) in [5.74, 6) is 0.758. The molecule has 0 saturated heterocycles. The Morgan fingerprint density at radius 3 is 2.89 bits per heavy atom. The van der Waals surface area contributed by atoms with Crippen LogP contribution < -0.4 is 5.43 Å². The van der Waals surface area contributed by atoms with Crippen molar-refractivity contribution in [3.8, 4) is 0 Å². The number of fused-ring (bicyclic) bond motifs is 1. The van der Waals surface area contributed by atoms with E-state index >= 15 is 0 Å². The first kappa shape index (κ1) is 12.3. The molecule has 0 aromatic carbocycles. The van der Waals surface area contributed by atoms with Gasteiger partial charge in [0, 0.05) is 4.88 Å². The van der Waals surface area contributed by atoms with Crippen LogP contribution >= 0.6 is 22.7 Å². The van der Waals surface area contributed by atoms with Crippen LogP contribution in [0.5, 0.6) is 0 Å². The summed E-state index contributed by atoms with van der Waals surface area (Å²) >= 11 is 3.31. The Bertz CT molecular complexity index is 742. The second kappa shape index (κ2) is 5.07. The number of aromatic nitrogens is 2. The van der Waals surface area contributed by atoms with Gasteiger partial charge in [0.2, 0.25) is 0 Å². The lowest BCUT2D eigenvalue weighted by molar-refractivity contribution is 1.18. The Balaban J connectivity index is 1.86. The van der Waals surface area contributed by atoms with Gasteiger partial charge in [-0.2, -0.15) is 5.10 Å². The number of hydrogen-bond donors (Lipinski definition) is 1. The normalized spacial score (nSPS) is 11.5.